The van der Waals surface area contributed by atoms with Crippen LogP contribution in [0, 0.1) is 20.5 Å². The molecule has 16 heavy (non-hydrogen) atoms. The summed E-state index contributed by atoms with van der Waals surface area (Å²) in [7, 11) is -1.39. The van der Waals surface area contributed by atoms with Crippen molar-refractivity contribution in [3.63, 3.8) is 0 Å². The number of nitrogens with zero attached hydrogens (tertiary/aromatic N) is 1. The summed E-state index contributed by atoms with van der Waals surface area (Å²) in [6.45, 7) is 0. The summed E-state index contributed by atoms with van der Waals surface area (Å²) in [5.41, 5.74) is 0. The molecule has 0 saturated carbocycles. The van der Waals surface area contributed by atoms with Gasteiger partial charge in [-0.05, 0) is 0 Å². The molecule has 0 amide bonds. The van der Waals surface area contributed by atoms with E-state index in [2.05, 4.69) is 28.2 Å². The first-order chi connectivity index (χ1) is 6.00. The Morgan fingerprint density at radius 3 is 0.562 bits per heavy atom. The number of hydrogen-bond acceptors (Lipinski definition) is 8. The Bertz CT molecular complexity index is 105. The quantitative estimate of drug-likeness (QED) is 0.311. The molecule has 0 radical (unpaired) electrons. The van der Waals surface area contributed by atoms with Gasteiger partial charge in [0.15, 0.2) is 0 Å². The van der Waals surface area contributed by atoms with Gasteiger partial charge in [0.25, 0.3) is 0 Å². The second-order valence-corrected chi connectivity index (χ2v) is 4.95. The molecule has 0 aromatic heterocycles. The van der Waals surface area contributed by atoms with Crippen LogP contribution in [0.15, 0.2) is 0 Å². The van der Waals surface area contributed by atoms with Gasteiger partial charge in [0.05, 0.1) is 28.2 Å². The Balaban J connectivity index is -0.0000000655. The number of quaternary nitrogens is 1. The zero-order valence-electron chi connectivity index (χ0n) is 9.47. The van der Waals surface area contributed by atoms with Crippen LogP contribution in [0.3, 0.4) is 0 Å². The molecule has 9 nitrogen and oxygen atoms in total. The van der Waals surface area contributed by atoms with E-state index in [1.54, 1.807) is 0 Å². The summed E-state index contributed by atoms with van der Waals surface area (Å²) in [6, 6.07) is 0. The predicted molar refractivity (Wildman–Crippen MR) is 24.0 cm³/mol. The molecule has 12 heteroatoms. The van der Waals surface area contributed by atoms with Crippen LogP contribution < -0.4 is 88.7 Å². The van der Waals surface area contributed by atoms with Crippen molar-refractivity contribution in [3.05, 3.63) is 0 Å². The van der Waals surface area contributed by atoms with Crippen molar-refractivity contribution >= 4 is 0 Å². The van der Waals surface area contributed by atoms with Crippen LogP contribution in [0.2, 0.25) is 0 Å². The zero-order chi connectivity index (χ0) is 13.5. The summed E-state index contributed by atoms with van der Waals surface area (Å²) < 4.78 is 68.9. The molecule has 0 spiro atoms. The number of rotatable bonds is 0. The summed E-state index contributed by atoms with van der Waals surface area (Å²) in [4.78, 5) is 0. The third-order valence-corrected chi connectivity index (χ3v) is 0. The van der Waals surface area contributed by atoms with E-state index in [1.807, 2.05) is 0 Å². The maximum atomic E-state index is 8.49. The SMILES string of the molecule is C[N+](C)(C)C.[K+].[O-][Cl+3]([O-])([O-])[O-].[O-][Cl+3]([O-])([O-])[O-]. The average Bonchev–Trinajstić information content (AvgIpc) is 1.41. The van der Waals surface area contributed by atoms with Crippen molar-refractivity contribution < 1.29 is 114 Å². The molecule has 96 valence electrons. The first-order valence-electron chi connectivity index (χ1n) is 3.02. The molecule has 0 aromatic rings. The minimum absolute atomic E-state index is 0. The standard InChI is InChI=1S/C4H12N.2ClHO4.K/c1-5(2,3)4;2*2-1(3,4)5;/h1-4H3;2*(H,2,3,4,5);/q+1;;;+1/p-2. The van der Waals surface area contributed by atoms with E-state index in [9.17, 15) is 0 Å². The first kappa shape index (κ1) is 26.4. The van der Waals surface area contributed by atoms with Gasteiger partial charge >= 0.3 is 51.4 Å². The molecule has 0 heterocycles. The molecule has 0 unspecified atom stereocenters. The second-order valence-electron chi connectivity index (χ2n) is 3.44. The summed E-state index contributed by atoms with van der Waals surface area (Å²) in [5.74, 6) is 0. The Morgan fingerprint density at radius 2 is 0.562 bits per heavy atom. The Hall–Kier alpha value is 1.86. The van der Waals surface area contributed by atoms with Gasteiger partial charge in [-0.25, -0.2) is 37.3 Å². The van der Waals surface area contributed by atoms with Crippen LogP contribution in [0.1, 0.15) is 0 Å². The van der Waals surface area contributed by atoms with E-state index in [4.69, 9.17) is 37.3 Å². The van der Waals surface area contributed by atoms with Gasteiger partial charge in [0, 0.05) is 0 Å². The Kier molecular flexibility index (Phi) is 17.8. The normalized spacial score (nSPS) is 11.2. The molecule has 0 aliphatic rings. The average molecular weight is 312 g/mol. The third kappa shape index (κ3) is 1020. The van der Waals surface area contributed by atoms with Crippen LogP contribution in [0.4, 0.5) is 0 Å². The zero-order valence-corrected chi connectivity index (χ0v) is 14.1. The minimum atomic E-state index is -4.94. The van der Waals surface area contributed by atoms with E-state index in [0.29, 0.717) is 0 Å². The fourth-order valence-corrected chi connectivity index (χ4v) is 0. The Labute approximate surface area is 140 Å². The van der Waals surface area contributed by atoms with Crippen LogP contribution >= 0.6 is 0 Å². The summed E-state index contributed by atoms with van der Waals surface area (Å²) in [5, 5.41) is 0. The predicted octanol–water partition coefficient (Wildman–Crippen LogP) is -12.2. The van der Waals surface area contributed by atoms with Crippen molar-refractivity contribution in [2.75, 3.05) is 28.2 Å². The maximum Gasteiger partial charge on any atom is 1.00 e. The van der Waals surface area contributed by atoms with Crippen molar-refractivity contribution in [2.24, 2.45) is 0 Å². The second kappa shape index (κ2) is 10.7. The molecule has 0 aromatic carbocycles. The molecule has 0 aliphatic carbocycles. The summed E-state index contributed by atoms with van der Waals surface area (Å²) >= 11 is 0. The molecule has 0 rings (SSSR count). The smallest absolute Gasteiger partial charge is 0.333 e. The molecular weight excluding hydrogens is 300 g/mol. The van der Waals surface area contributed by atoms with Gasteiger partial charge < -0.3 is 4.48 Å². The molecule has 0 fully saturated rings. The fourth-order valence-electron chi connectivity index (χ4n) is 0. The minimum Gasteiger partial charge on any atom is -0.333 e. The van der Waals surface area contributed by atoms with E-state index in [-0.39, 0.29) is 51.4 Å². The molecule has 0 bridgehead atoms. The summed E-state index contributed by atoms with van der Waals surface area (Å²) in [6.07, 6.45) is 0. The van der Waals surface area contributed by atoms with Gasteiger partial charge in [0.1, 0.15) is 0 Å². The maximum absolute atomic E-state index is 8.49. The van der Waals surface area contributed by atoms with Crippen LogP contribution in [-0.2, 0) is 0 Å². The van der Waals surface area contributed by atoms with E-state index in [1.165, 1.54) is 0 Å². The van der Waals surface area contributed by atoms with Crippen molar-refractivity contribution in [2.45, 2.75) is 0 Å². The van der Waals surface area contributed by atoms with E-state index < -0.39 is 20.5 Å². The van der Waals surface area contributed by atoms with Crippen LogP contribution in [0.5, 0.6) is 0 Å². The van der Waals surface area contributed by atoms with Crippen LogP contribution in [-0.4, -0.2) is 32.7 Å². The van der Waals surface area contributed by atoms with Crippen molar-refractivity contribution in [3.8, 4) is 0 Å². The number of halogens is 2. The molecule has 0 aliphatic heterocycles. The largest absolute Gasteiger partial charge is 1.00 e. The van der Waals surface area contributed by atoms with Crippen LogP contribution in [0.25, 0.3) is 0 Å². The van der Waals surface area contributed by atoms with Gasteiger partial charge in [0.2, 0.25) is 0 Å². The fraction of sp³-hybridized carbons (Fsp3) is 1.00. The molecule has 0 saturated heterocycles. The van der Waals surface area contributed by atoms with Gasteiger partial charge in [-0.15, -0.1) is 20.5 Å². The van der Waals surface area contributed by atoms with E-state index >= 15 is 0 Å². The van der Waals surface area contributed by atoms with E-state index in [0.717, 1.165) is 4.48 Å². The Morgan fingerprint density at radius 1 is 0.562 bits per heavy atom. The number of hydrogen-bond donors (Lipinski definition) is 0. The molecule has 0 N–H and O–H groups in total. The first-order valence-corrected chi connectivity index (χ1v) is 5.49. The topological polar surface area (TPSA) is 184 Å². The monoisotopic (exact) mass is 311 g/mol. The van der Waals surface area contributed by atoms with Crippen molar-refractivity contribution in [1.29, 1.82) is 0 Å². The third-order valence-electron chi connectivity index (χ3n) is 0. The van der Waals surface area contributed by atoms with Gasteiger partial charge in [-0.2, -0.15) is 0 Å². The molecular formula is C4H12Cl2KNO8. The van der Waals surface area contributed by atoms with Gasteiger partial charge in [-0.1, -0.05) is 0 Å². The molecule has 0 atom stereocenters. The van der Waals surface area contributed by atoms with Crippen molar-refractivity contribution in [1.82, 2.24) is 0 Å². The van der Waals surface area contributed by atoms with Gasteiger partial charge in [-0.3, -0.25) is 0 Å².